The third-order valence-electron chi connectivity index (χ3n) is 5.32. The lowest BCUT2D eigenvalue weighted by atomic mass is 10.0. The van der Waals surface area contributed by atoms with Crippen LogP contribution in [0.3, 0.4) is 0 Å². The van der Waals surface area contributed by atoms with E-state index in [9.17, 15) is 14.4 Å². The second-order valence-electron chi connectivity index (χ2n) is 7.49. The minimum atomic E-state index is -0.581. The monoisotopic (exact) mass is 412 g/mol. The van der Waals surface area contributed by atoms with Crippen LogP contribution in [0.15, 0.2) is 39.5 Å². The Morgan fingerprint density at radius 2 is 2.03 bits per heavy atom. The number of para-hydroxylation sites is 1. The SMILES string of the molecule is CC(C)[NH+]1CCc2c(sc(NC(=O)c3cc(=O)c4ccccc4o3)c2C(N)=O)C1. The first-order chi connectivity index (χ1) is 13.8. The largest absolute Gasteiger partial charge is 0.451 e. The van der Waals surface area contributed by atoms with Gasteiger partial charge in [0.05, 0.1) is 28.4 Å². The van der Waals surface area contributed by atoms with E-state index in [2.05, 4.69) is 19.2 Å². The van der Waals surface area contributed by atoms with Crippen molar-refractivity contribution >= 4 is 39.1 Å². The highest BCUT2D eigenvalue weighted by Crippen LogP contribution is 2.34. The summed E-state index contributed by atoms with van der Waals surface area (Å²) in [5, 5.41) is 3.56. The molecule has 0 bridgehead atoms. The van der Waals surface area contributed by atoms with Crippen LogP contribution in [0.25, 0.3) is 11.0 Å². The van der Waals surface area contributed by atoms with E-state index in [1.54, 1.807) is 24.3 Å². The highest BCUT2D eigenvalue weighted by atomic mass is 32.1. The minimum Gasteiger partial charge on any atom is -0.451 e. The van der Waals surface area contributed by atoms with Crippen molar-refractivity contribution in [3.05, 3.63) is 62.3 Å². The van der Waals surface area contributed by atoms with Gasteiger partial charge in [0.15, 0.2) is 11.2 Å². The maximum absolute atomic E-state index is 12.8. The van der Waals surface area contributed by atoms with Crippen LogP contribution >= 0.6 is 11.3 Å². The molecule has 1 aliphatic heterocycles. The molecule has 1 aromatic carbocycles. The number of carbonyl (C=O) groups is 2. The predicted molar refractivity (Wildman–Crippen MR) is 112 cm³/mol. The number of fused-ring (bicyclic) bond motifs is 2. The Kier molecular flexibility index (Phi) is 4.97. The third-order valence-corrected chi connectivity index (χ3v) is 6.47. The smallest absolute Gasteiger partial charge is 0.292 e. The molecule has 0 spiro atoms. The molecule has 7 nitrogen and oxygen atoms in total. The highest BCUT2D eigenvalue weighted by Gasteiger charge is 2.31. The Balaban J connectivity index is 1.68. The predicted octanol–water partition coefficient (Wildman–Crippen LogP) is 1.56. The first kappa shape index (κ1) is 19.4. The molecule has 0 saturated heterocycles. The van der Waals surface area contributed by atoms with E-state index in [1.807, 2.05) is 0 Å². The number of benzene rings is 1. The van der Waals surface area contributed by atoms with Gasteiger partial charge in [0, 0.05) is 12.5 Å². The molecule has 2 aromatic heterocycles. The number of hydrogen-bond donors (Lipinski definition) is 3. The summed E-state index contributed by atoms with van der Waals surface area (Å²) in [6.45, 7) is 6.02. The van der Waals surface area contributed by atoms with Crippen LogP contribution in [0.1, 0.15) is 45.2 Å². The van der Waals surface area contributed by atoms with Crippen LogP contribution in [0, 0.1) is 0 Å². The lowest BCUT2D eigenvalue weighted by molar-refractivity contribution is -0.936. The van der Waals surface area contributed by atoms with Crippen molar-refractivity contribution in [1.29, 1.82) is 0 Å². The van der Waals surface area contributed by atoms with Crippen molar-refractivity contribution < 1.29 is 18.9 Å². The van der Waals surface area contributed by atoms with Crippen molar-refractivity contribution in [1.82, 2.24) is 0 Å². The molecule has 4 N–H and O–H groups in total. The molecule has 1 aliphatic rings. The van der Waals surface area contributed by atoms with Gasteiger partial charge >= 0.3 is 0 Å². The Morgan fingerprint density at radius 1 is 1.28 bits per heavy atom. The number of anilines is 1. The minimum absolute atomic E-state index is 0.107. The van der Waals surface area contributed by atoms with Gasteiger partial charge < -0.3 is 20.4 Å². The molecular formula is C21H22N3O4S+. The molecule has 3 aromatic rings. The lowest BCUT2D eigenvalue weighted by Gasteiger charge is -2.27. The van der Waals surface area contributed by atoms with Gasteiger partial charge in [-0.2, -0.15) is 0 Å². The van der Waals surface area contributed by atoms with Crippen LogP contribution in [-0.2, 0) is 13.0 Å². The fourth-order valence-electron chi connectivity index (χ4n) is 3.72. The van der Waals surface area contributed by atoms with Gasteiger partial charge in [0.25, 0.3) is 11.8 Å². The zero-order chi connectivity index (χ0) is 20.7. The molecule has 0 radical (unpaired) electrons. The number of hydrogen-bond acceptors (Lipinski definition) is 5. The number of rotatable bonds is 4. The average Bonchev–Trinajstić information content (AvgIpc) is 3.04. The summed E-state index contributed by atoms with van der Waals surface area (Å²) in [7, 11) is 0. The van der Waals surface area contributed by atoms with Gasteiger partial charge in [-0.05, 0) is 31.5 Å². The van der Waals surface area contributed by atoms with Crippen LogP contribution in [0.4, 0.5) is 5.00 Å². The summed E-state index contributed by atoms with van der Waals surface area (Å²) >= 11 is 1.37. The number of thiophene rings is 1. The van der Waals surface area contributed by atoms with Crippen molar-refractivity contribution in [2.75, 3.05) is 11.9 Å². The molecule has 1 unspecified atom stereocenters. The number of amides is 2. The van der Waals surface area contributed by atoms with E-state index in [1.165, 1.54) is 22.3 Å². The van der Waals surface area contributed by atoms with Gasteiger partial charge in [0.1, 0.15) is 17.1 Å². The van der Waals surface area contributed by atoms with E-state index in [0.717, 1.165) is 30.0 Å². The molecule has 0 saturated carbocycles. The molecule has 4 rings (SSSR count). The average molecular weight is 412 g/mol. The molecule has 2 amide bonds. The zero-order valence-electron chi connectivity index (χ0n) is 16.2. The van der Waals surface area contributed by atoms with E-state index < -0.39 is 11.8 Å². The standard InChI is InChI=1S/C21H21N3O4S/c1-11(2)24-8-7-13-17(10-24)29-21(18(13)19(22)26)23-20(27)16-9-14(25)12-5-3-4-6-15(12)28-16/h3-6,9,11H,7-8,10H2,1-2H3,(H2,22,26)(H,23,27)/p+1. The first-order valence-electron chi connectivity index (χ1n) is 9.48. The summed E-state index contributed by atoms with van der Waals surface area (Å²) in [6.07, 6.45) is 0.735. The molecular weight excluding hydrogens is 390 g/mol. The molecule has 1 atom stereocenters. The Bertz CT molecular complexity index is 1180. The fourth-order valence-corrected chi connectivity index (χ4v) is 5.02. The van der Waals surface area contributed by atoms with E-state index in [4.69, 9.17) is 10.2 Å². The Hall–Kier alpha value is -2.97. The van der Waals surface area contributed by atoms with Gasteiger partial charge in [-0.15, -0.1) is 11.3 Å². The molecule has 3 heterocycles. The van der Waals surface area contributed by atoms with Crippen LogP contribution in [0.2, 0.25) is 0 Å². The van der Waals surface area contributed by atoms with E-state index in [0.29, 0.717) is 27.6 Å². The van der Waals surface area contributed by atoms with Gasteiger partial charge in [-0.3, -0.25) is 14.4 Å². The van der Waals surface area contributed by atoms with E-state index >= 15 is 0 Å². The fraction of sp³-hybridized carbons (Fsp3) is 0.286. The topological polar surface area (TPSA) is 107 Å². The quantitative estimate of drug-likeness (QED) is 0.604. The normalized spacial score (nSPS) is 16.0. The molecule has 0 fully saturated rings. The summed E-state index contributed by atoms with van der Waals surface area (Å²) in [6, 6.07) is 8.37. The van der Waals surface area contributed by atoms with Crippen LogP contribution in [0.5, 0.6) is 0 Å². The summed E-state index contributed by atoms with van der Waals surface area (Å²) in [5.74, 6) is -1.25. The van der Waals surface area contributed by atoms with Crippen molar-refractivity contribution in [2.45, 2.75) is 32.9 Å². The molecule has 0 aliphatic carbocycles. The van der Waals surface area contributed by atoms with Crippen molar-refractivity contribution in [2.24, 2.45) is 5.73 Å². The van der Waals surface area contributed by atoms with Gasteiger partial charge in [-0.25, -0.2) is 0 Å². The van der Waals surface area contributed by atoms with Crippen molar-refractivity contribution in [3.63, 3.8) is 0 Å². The number of primary amides is 1. The maximum atomic E-state index is 12.8. The zero-order valence-corrected chi connectivity index (χ0v) is 17.0. The number of carbonyl (C=O) groups excluding carboxylic acids is 2. The third kappa shape index (κ3) is 3.56. The molecule has 29 heavy (non-hydrogen) atoms. The Labute approximate surface area is 171 Å². The van der Waals surface area contributed by atoms with Gasteiger partial charge in [-0.1, -0.05) is 12.1 Å². The van der Waals surface area contributed by atoms with Crippen LogP contribution in [-0.4, -0.2) is 24.4 Å². The summed E-state index contributed by atoms with van der Waals surface area (Å²) in [5.41, 5.74) is 6.95. The number of nitrogens with one attached hydrogen (secondary N) is 2. The second-order valence-corrected chi connectivity index (χ2v) is 8.59. The summed E-state index contributed by atoms with van der Waals surface area (Å²) < 4.78 is 5.60. The van der Waals surface area contributed by atoms with Crippen LogP contribution < -0.4 is 21.4 Å². The number of quaternary nitrogens is 1. The van der Waals surface area contributed by atoms with Gasteiger partial charge in [0.2, 0.25) is 0 Å². The lowest BCUT2D eigenvalue weighted by Crippen LogP contribution is -3.14. The summed E-state index contributed by atoms with van der Waals surface area (Å²) in [4.78, 5) is 39.7. The molecule has 150 valence electrons. The molecule has 8 heteroatoms. The maximum Gasteiger partial charge on any atom is 0.292 e. The number of nitrogens with two attached hydrogens (primary N) is 1. The highest BCUT2D eigenvalue weighted by molar-refractivity contribution is 7.17. The van der Waals surface area contributed by atoms with E-state index in [-0.39, 0.29) is 11.2 Å². The Morgan fingerprint density at radius 3 is 2.76 bits per heavy atom. The second kappa shape index (κ2) is 7.46. The first-order valence-corrected chi connectivity index (χ1v) is 10.3. The van der Waals surface area contributed by atoms with Crippen molar-refractivity contribution in [3.8, 4) is 0 Å².